The lowest BCUT2D eigenvalue weighted by Crippen LogP contribution is -2.27. The lowest BCUT2D eigenvalue weighted by molar-refractivity contribution is -0.187. The van der Waals surface area contributed by atoms with E-state index in [-0.39, 0.29) is 19.3 Å². The quantitative estimate of drug-likeness (QED) is 0.538. The first-order valence-electron chi connectivity index (χ1n) is 9.34. The van der Waals surface area contributed by atoms with Crippen LogP contribution in [0.3, 0.4) is 0 Å². The van der Waals surface area contributed by atoms with Crippen LogP contribution in [0.4, 0.5) is 24.9 Å². The molecular formula is C19H17F3N8. The second-order valence-corrected chi connectivity index (χ2v) is 7.45. The SMILES string of the molecule is Cn1nccc1Nc1nccc(-c2ccn3c(CC4(C(F)(F)F)CC4)nnc3c2)n1. The fourth-order valence-corrected chi connectivity index (χ4v) is 3.43. The first-order valence-corrected chi connectivity index (χ1v) is 9.34. The number of hydrogen-bond donors (Lipinski definition) is 1. The lowest BCUT2D eigenvalue weighted by atomic mass is 10.0. The van der Waals surface area contributed by atoms with Gasteiger partial charge >= 0.3 is 6.18 Å². The Balaban J connectivity index is 1.42. The summed E-state index contributed by atoms with van der Waals surface area (Å²) < 4.78 is 43.1. The van der Waals surface area contributed by atoms with Crippen LogP contribution in [0.2, 0.25) is 0 Å². The molecule has 1 N–H and O–H groups in total. The molecule has 0 bridgehead atoms. The molecule has 8 nitrogen and oxygen atoms in total. The van der Waals surface area contributed by atoms with Gasteiger partial charge in [0.2, 0.25) is 5.95 Å². The highest BCUT2D eigenvalue weighted by atomic mass is 19.4. The van der Waals surface area contributed by atoms with E-state index in [4.69, 9.17) is 0 Å². The number of pyridine rings is 1. The number of fused-ring (bicyclic) bond motifs is 1. The Morgan fingerprint density at radius 2 is 1.97 bits per heavy atom. The van der Waals surface area contributed by atoms with Crippen molar-refractivity contribution < 1.29 is 13.2 Å². The van der Waals surface area contributed by atoms with Gasteiger partial charge in [-0.1, -0.05) is 0 Å². The molecule has 154 valence electrons. The van der Waals surface area contributed by atoms with E-state index >= 15 is 0 Å². The maximum absolute atomic E-state index is 13.3. The fraction of sp³-hybridized carbons (Fsp3) is 0.316. The molecule has 0 atom stereocenters. The number of anilines is 2. The van der Waals surface area contributed by atoms with Crippen LogP contribution in [0, 0.1) is 5.41 Å². The van der Waals surface area contributed by atoms with Crippen molar-refractivity contribution in [2.45, 2.75) is 25.4 Å². The van der Waals surface area contributed by atoms with Crippen LogP contribution in [0.15, 0.2) is 42.9 Å². The van der Waals surface area contributed by atoms with Gasteiger partial charge < -0.3 is 5.32 Å². The molecule has 0 saturated heterocycles. The highest BCUT2D eigenvalue weighted by molar-refractivity contribution is 5.65. The minimum atomic E-state index is -4.23. The number of aromatic nitrogens is 7. The molecule has 1 aliphatic carbocycles. The molecule has 0 spiro atoms. The molecule has 0 radical (unpaired) electrons. The van der Waals surface area contributed by atoms with E-state index in [9.17, 15) is 13.2 Å². The van der Waals surface area contributed by atoms with Gasteiger partial charge in [-0.2, -0.15) is 18.3 Å². The number of rotatable bonds is 5. The predicted octanol–water partition coefficient (Wildman–Crippen LogP) is 3.55. The average Bonchev–Trinajstić information content (AvgIpc) is 3.26. The van der Waals surface area contributed by atoms with Gasteiger partial charge in [0.15, 0.2) is 5.65 Å². The number of halogens is 3. The standard InChI is InChI=1S/C19H17F3N8/c1-29-14(3-8-24-29)26-17-23-7-2-13(25-17)12-4-9-30-15(10-12)27-28-16(30)11-18(5-6-18)19(20,21)22/h2-4,7-10H,5-6,11H2,1H3,(H,23,25,26). The fourth-order valence-electron chi connectivity index (χ4n) is 3.43. The Morgan fingerprint density at radius 1 is 1.13 bits per heavy atom. The van der Waals surface area contributed by atoms with Crippen LogP contribution in [0.25, 0.3) is 16.9 Å². The smallest absolute Gasteiger partial charge is 0.309 e. The Bertz CT molecular complexity index is 1220. The zero-order valence-corrected chi connectivity index (χ0v) is 15.9. The summed E-state index contributed by atoms with van der Waals surface area (Å²) in [6, 6.07) is 7.08. The van der Waals surface area contributed by atoms with Gasteiger partial charge in [0, 0.05) is 37.5 Å². The van der Waals surface area contributed by atoms with Crippen LogP contribution in [0.1, 0.15) is 18.7 Å². The summed E-state index contributed by atoms with van der Waals surface area (Å²) in [5.41, 5.74) is 0.220. The molecule has 0 aromatic carbocycles. The first-order chi connectivity index (χ1) is 14.3. The number of nitrogens with one attached hydrogen (secondary N) is 1. The van der Waals surface area contributed by atoms with Crippen molar-refractivity contribution in [3.8, 4) is 11.3 Å². The van der Waals surface area contributed by atoms with E-state index in [1.165, 1.54) is 0 Å². The van der Waals surface area contributed by atoms with Gasteiger partial charge in [-0.3, -0.25) is 9.08 Å². The predicted molar refractivity (Wildman–Crippen MR) is 102 cm³/mol. The van der Waals surface area contributed by atoms with Crippen LogP contribution >= 0.6 is 0 Å². The average molecular weight is 414 g/mol. The minimum Gasteiger partial charge on any atom is -0.309 e. The second kappa shape index (κ2) is 6.51. The number of aryl methyl sites for hydroxylation is 1. The van der Waals surface area contributed by atoms with E-state index in [1.54, 1.807) is 59.0 Å². The monoisotopic (exact) mass is 414 g/mol. The van der Waals surface area contributed by atoms with E-state index in [2.05, 4.69) is 30.6 Å². The molecule has 0 amide bonds. The molecule has 4 aromatic heterocycles. The number of hydrogen-bond acceptors (Lipinski definition) is 6. The zero-order valence-electron chi connectivity index (χ0n) is 15.9. The van der Waals surface area contributed by atoms with Gasteiger partial charge in [-0.05, 0) is 31.0 Å². The van der Waals surface area contributed by atoms with Crippen molar-refractivity contribution in [3.05, 3.63) is 48.7 Å². The molecule has 5 rings (SSSR count). The van der Waals surface area contributed by atoms with Gasteiger partial charge in [0.1, 0.15) is 11.6 Å². The molecule has 4 heterocycles. The van der Waals surface area contributed by atoms with Gasteiger partial charge in [-0.25, -0.2) is 9.97 Å². The Hall–Kier alpha value is -3.50. The normalized spacial score (nSPS) is 15.5. The highest BCUT2D eigenvalue weighted by Gasteiger charge is 2.63. The molecule has 4 aromatic rings. The molecule has 1 fully saturated rings. The minimum absolute atomic E-state index is 0.136. The molecule has 0 aliphatic heterocycles. The van der Waals surface area contributed by atoms with Crippen LogP contribution < -0.4 is 5.32 Å². The van der Waals surface area contributed by atoms with Crippen molar-refractivity contribution >= 4 is 17.4 Å². The van der Waals surface area contributed by atoms with Crippen molar-refractivity contribution in [2.75, 3.05) is 5.32 Å². The zero-order chi connectivity index (χ0) is 20.9. The topological polar surface area (TPSA) is 85.8 Å². The summed E-state index contributed by atoms with van der Waals surface area (Å²) in [4.78, 5) is 8.72. The first kappa shape index (κ1) is 18.5. The third-order valence-electron chi connectivity index (χ3n) is 5.44. The maximum atomic E-state index is 13.3. The van der Waals surface area contributed by atoms with Crippen molar-refractivity contribution in [3.63, 3.8) is 0 Å². The van der Waals surface area contributed by atoms with Crippen molar-refractivity contribution in [2.24, 2.45) is 12.5 Å². The van der Waals surface area contributed by atoms with Crippen LogP contribution in [-0.4, -0.2) is 40.5 Å². The molecule has 1 saturated carbocycles. The molecule has 30 heavy (non-hydrogen) atoms. The second-order valence-electron chi connectivity index (χ2n) is 7.45. The van der Waals surface area contributed by atoms with Crippen LogP contribution in [-0.2, 0) is 13.5 Å². The van der Waals surface area contributed by atoms with Gasteiger partial charge in [0.05, 0.1) is 17.3 Å². The number of nitrogens with zero attached hydrogens (tertiary/aromatic N) is 7. The third kappa shape index (κ3) is 3.15. The molecule has 0 unspecified atom stereocenters. The summed E-state index contributed by atoms with van der Waals surface area (Å²) in [7, 11) is 1.80. The van der Waals surface area contributed by atoms with Crippen molar-refractivity contribution in [1.82, 2.24) is 34.3 Å². The molecule has 11 heteroatoms. The summed E-state index contributed by atoms with van der Waals surface area (Å²) in [6.07, 6.45) is 0.852. The van der Waals surface area contributed by atoms with E-state index in [0.29, 0.717) is 23.1 Å². The lowest BCUT2D eigenvalue weighted by Gasteiger charge is -2.17. The van der Waals surface area contributed by atoms with E-state index in [0.717, 1.165) is 11.4 Å². The van der Waals surface area contributed by atoms with Gasteiger partial charge in [-0.15, -0.1) is 10.2 Å². The molecular weight excluding hydrogens is 397 g/mol. The van der Waals surface area contributed by atoms with E-state index < -0.39 is 11.6 Å². The third-order valence-corrected chi connectivity index (χ3v) is 5.44. The van der Waals surface area contributed by atoms with Crippen LogP contribution in [0.5, 0.6) is 0 Å². The van der Waals surface area contributed by atoms with Gasteiger partial charge in [0.25, 0.3) is 0 Å². The Morgan fingerprint density at radius 3 is 2.67 bits per heavy atom. The summed E-state index contributed by atoms with van der Waals surface area (Å²) >= 11 is 0. The summed E-state index contributed by atoms with van der Waals surface area (Å²) in [5.74, 6) is 1.45. The highest BCUT2D eigenvalue weighted by Crippen LogP contribution is 2.59. The Labute approximate surface area is 168 Å². The van der Waals surface area contributed by atoms with E-state index in [1.807, 2.05) is 0 Å². The largest absolute Gasteiger partial charge is 0.394 e. The number of alkyl halides is 3. The summed E-state index contributed by atoms with van der Waals surface area (Å²) in [5, 5.41) is 15.2. The van der Waals surface area contributed by atoms with Crippen molar-refractivity contribution in [1.29, 1.82) is 0 Å². The molecule has 1 aliphatic rings. The maximum Gasteiger partial charge on any atom is 0.394 e. The summed E-state index contributed by atoms with van der Waals surface area (Å²) in [6.45, 7) is 0. The Kier molecular flexibility index (Phi) is 4.02.